The average Bonchev–Trinajstić information content (AvgIpc) is 1.00. The molecule has 0 radical (unpaired) electrons. The molecule has 41 valence electrons. The fourth-order valence-corrected chi connectivity index (χ4v) is 0. The zero-order valence-electron chi connectivity index (χ0n) is 3.09. The van der Waals surface area contributed by atoms with Crippen molar-refractivity contribution in [2.24, 2.45) is 0 Å². The Labute approximate surface area is 99.9 Å². The minimum atomic E-state index is 0. The van der Waals surface area contributed by atoms with Gasteiger partial charge in [0, 0.05) is 0 Å². The Morgan fingerprint density at radius 1 is 0.714 bits per heavy atom. The van der Waals surface area contributed by atoms with Crippen molar-refractivity contribution >= 4 is 0 Å². The van der Waals surface area contributed by atoms with Crippen LogP contribution < -0.4 is 0 Å². The molecule has 0 aromatic rings. The van der Waals surface area contributed by atoms with Gasteiger partial charge in [0.2, 0.25) is 0 Å². The predicted molar refractivity (Wildman–Crippen MR) is 2.75 cm³/mol. The topological polar surface area (TPSA) is 103 Å². The van der Waals surface area contributed by atoms with Crippen molar-refractivity contribution < 1.29 is 102 Å². The first-order valence-corrected chi connectivity index (χ1v) is 0.508. The zero-order chi connectivity index (χ0) is 2.00. The molecule has 0 aromatic heterocycles. The molecule has 7 heteroatoms. The molecule has 0 aliphatic heterocycles. The fraction of sp³-hybridized carbons (Fsp3) is 0. The second kappa shape index (κ2) is 79.6. The van der Waals surface area contributed by atoms with E-state index in [1.165, 1.54) is 0 Å². The van der Waals surface area contributed by atoms with E-state index in [1.807, 2.05) is 0 Å². The first-order valence-electron chi connectivity index (χ1n) is 0.123. The van der Waals surface area contributed by atoms with Crippen LogP contribution in [0.3, 0.4) is 0 Å². The van der Waals surface area contributed by atoms with Crippen LogP contribution in [0.15, 0.2) is 0 Å². The van der Waals surface area contributed by atoms with Crippen LogP contribution in [0.4, 0.5) is 0 Å². The normalized spacial score (nSPS) is 0.857. The van der Waals surface area contributed by atoms with Gasteiger partial charge in [0.15, 0.2) is 0 Å². The van der Waals surface area contributed by atoms with Crippen molar-refractivity contribution in [2.45, 2.75) is 0 Å². The Balaban J connectivity index is -0.000000000500. The third-order valence-electron chi connectivity index (χ3n) is 0. The number of rotatable bonds is 0. The first-order chi connectivity index (χ1) is 1.00. The van der Waals surface area contributed by atoms with Crippen molar-refractivity contribution in [1.82, 2.24) is 0 Å². The van der Waals surface area contributed by atoms with Gasteiger partial charge in [-0.2, -0.15) is 0 Å². The van der Waals surface area contributed by atoms with Crippen molar-refractivity contribution in [3.8, 4) is 0 Å². The Kier molecular flexibility index (Phi) is 651. The van der Waals surface area contributed by atoms with Crippen molar-refractivity contribution in [3.05, 3.63) is 0 Å². The Hall–Kier alpha value is 2.41. The van der Waals surface area contributed by atoms with Crippen LogP contribution in [0.5, 0.6) is 0 Å². The molecule has 0 fully saturated rings. The van der Waals surface area contributed by atoms with E-state index in [0.29, 0.717) is 0 Å². The van der Waals surface area contributed by atoms with E-state index in [-0.39, 0.29) is 81.8 Å². The maximum atomic E-state index is 7.81. The zero-order valence-corrected chi connectivity index (χ0v) is 9.71. The molecule has 0 bridgehead atoms. The minimum Gasteiger partial charge on any atom is 3.00 e. The monoisotopic (exact) mass is 305 g/mol. The fourth-order valence-electron chi connectivity index (χ4n) is 0. The summed E-state index contributed by atoms with van der Waals surface area (Å²) >= 11 is 2.94. The molecule has 0 heterocycles. The van der Waals surface area contributed by atoms with Gasteiger partial charge in [0.05, 0.1) is 0 Å². The van der Waals surface area contributed by atoms with Gasteiger partial charge in [0.25, 0.3) is 0 Å². The molecule has 0 aliphatic carbocycles. The molecule has 0 saturated carbocycles. The standard InChI is InChI=1S/Cu.4O.2Y/q;;3*-2;2*+3. The van der Waals surface area contributed by atoms with Gasteiger partial charge >= 0.3 is 85.2 Å². The van der Waals surface area contributed by atoms with E-state index < -0.39 is 0 Å². The number of hydrogen-bond acceptors (Lipinski definition) is 1. The van der Waals surface area contributed by atoms with E-state index in [1.54, 1.807) is 0 Å². The molecule has 0 spiro atoms. The molecule has 0 aliphatic rings. The van der Waals surface area contributed by atoms with Crippen LogP contribution in [0.2, 0.25) is 0 Å². The summed E-state index contributed by atoms with van der Waals surface area (Å²) in [7, 11) is 0. The molecular weight excluding hydrogens is 305 g/mol. The molecule has 0 amide bonds. The van der Waals surface area contributed by atoms with Crippen LogP contribution in [-0.4, -0.2) is 0 Å². The van der Waals surface area contributed by atoms with Crippen LogP contribution in [0.1, 0.15) is 0 Å². The summed E-state index contributed by atoms with van der Waals surface area (Å²) in [4.78, 5) is 0. The summed E-state index contributed by atoms with van der Waals surface area (Å²) in [6.45, 7) is 0. The smallest absolute Gasteiger partial charge is 3.00 e. The molecule has 7 heavy (non-hydrogen) atoms. The molecular formula is CuO4Y2. The SMILES string of the molecule is [O-2].[O-2].[O-2].[O]=[Cu].[Y+3].[Y+3]. The maximum Gasteiger partial charge on any atom is 3.00 e. The summed E-state index contributed by atoms with van der Waals surface area (Å²) in [5.41, 5.74) is 0. The van der Waals surface area contributed by atoms with Gasteiger partial charge in [-0.1, -0.05) is 0 Å². The van der Waals surface area contributed by atoms with E-state index in [0.717, 1.165) is 0 Å². The van der Waals surface area contributed by atoms with Crippen molar-refractivity contribution in [2.75, 3.05) is 0 Å². The van der Waals surface area contributed by atoms with E-state index >= 15 is 0 Å². The Bertz CT molecular complexity index is 9.65. The molecule has 0 atom stereocenters. The molecule has 0 N–H and O–H groups in total. The van der Waals surface area contributed by atoms with Gasteiger partial charge in [-0.15, -0.1) is 0 Å². The van der Waals surface area contributed by atoms with Crippen LogP contribution in [0, 0.1) is 0 Å². The van der Waals surface area contributed by atoms with E-state index in [2.05, 4.69) is 15.9 Å². The maximum absolute atomic E-state index is 7.81. The summed E-state index contributed by atoms with van der Waals surface area (Å²) < 4.78 is 7.81. The molecule has 0 rings (SSSR count). The minimum absolute atomic E-state index is 0. The van der Waals surface area contributed by atoms with Gasteiger partial charge in [-0.3, -0.25) is 0 Å². The molecule has 0 unspecified atom stereocenters. The summed E-state index contributed by atoms with van der Waals surface area (Å²) in [5.74, 6) is 0. The van der Waals surface area contributed by atoms with Crippen LogP contribution in [-0.2, 0) is 102 Å². The summed E-state index contributed by atoms with van der Waals surface area (Å²) in [5, 5.41) is 0. The molecule has 0 saturated heterocycles. The quantitative estimate of drug-likeness (QED) is 0.554. The van der Waals surface area contributed by atoms with E-state index in [9.17, 15) is 0 Å². The largest absolute Gasteiger partial charge is 3.00 e. The van der Waals surface area contributed by atoms with Gasteiger partial charge in [0.1, 0.15) is 0 Å². The second-order valence-electron chi connectivity index (χ2n) is 0. The van der Waals surface area contributed by atoms with Crippen molar-refractivity contribution in [3.63, 3.8) is 0 Å². The van der Waals surface area contributed by atoms with Crippen LogP contribution in [0.25, 0.3) is 0 Å². The average molecular weight is 305 g/mol. The van der Waals surface area contributed by atoms with Gasteiger partial charge < -0.3 is 16.4 Å². The third kappa shape index (κ3) is 59.6. The first kappa shape index (κ1) is 57.3. The summed E-state index contributed by atoms with van der Waals surface area (Å²) in [6.07, 6.45) is 0. The van der Waals surface area contributed by atoms with E-state index in [4.69, 9.17) is 3.83 Å². The molecule has 0 aromatic carbocycles. The van der Waals surface area contributed by atoms with Gasteiger partial charge in [-0.05, 0) is 0 Å². The van der Waals surface area contributed by atoms with Crippen molar-refractivity contribution in [1.29, 1.82) is 0 Å². The Morgan fingerprint density at radius 3 is 0.714 bits per heavy atom. The third-order valence-corrected chi connectivity index (χ3v) is 0. The predicted octanol–water partition coefficient (Wildman–Crippen LogP) is -0.483. The van der Waals surface area contributed by atoms with Gasteiger partial charge in [-0.25, -0.2) is 0 Å². The summed E-state index contributed by atoms with van der Waals surface area (Å²) in [6, 6.07) is 0. The molecule has 4 nitrogen and oxygen atoms in total. The Morgan fingerprint density at radius 2 is 0.714 bits per heavy atom. The number of hydrogen-bond donors (Lipinski definition) is 0. The van der Waals surface area contributed by atoms with Crippen LogP contribution >= 0.6 is 0 Å². The second-order valence-corrected chi connectivity index (χ2v) is 0.